The molecule has 1 amide bonds. The van der Waals surface area contributed by atoms with Crippen LogP contribution in [0.4, 0.5) is 5.69 Å². The Labute approximate surface area is 191 Å². The first-order valence-electron chi connectivity index (χ1n) is 9.76. The number of methoxy groups -OCH3 is 2. The molecule has 0 bridgehead atoms. The molecule has 0 aliphatic heterocycles. The average molecular weight is 477 g/mol. The summed E-state index contributed by atoms with van der Waals surface area (Å²) in [5.41, 5.74) is 1.31. The van der Waals surface area contributed by atoms with E-state index in [0.717, 1.165) is 9.69 Å². The van der Waals surface area contributed by atoms with Crippen LogP contribution in [0.2, 0.25) is 0 Å². The first kappa shape index (κ1) is 24.1. The van der Waals surface area contributed by atoms with Gasteiger partial charge in [-0.3, -0.25) is 9.59 Å². The first-order chi connectivity index (χ1) is 15.6. The molecule has 1 aromatic heterocycles. The summed E-state index contributed by atoms with van der Waals surface area (Å²) in [6.07, 6.45) is 1.36. The van der Waals surface area contributed by atoms with Crippen molar-refractivity contribution in [2.75, 3.05) is 40.2 Å². The van der Waals surface area contributed by atoms with Crippen molar-refractivity contribution >= 4 is 38.6 Å². The number of hydrogen-bond acceptors (Lipinski definition) is 8. The summed E-state index contributed by atoms with van der Waals surface area (Å²) in [7, 11) is 2.01. The standard InChI is InChI=1S/C22H24N2O8S/c1-24(2)33(27,28)16-6-8-19(30-4)18(11-16)23-21(25)13-32-22(26)9-14-12-31-20-10-15(29-3)5-7-17(14)20/h5-8,10-12H,9,13H2,1-4H3,(H,23,25). The van der Waals surface area contributed by atoms with Crippen molar-refractivity contribution in [3.05, 3.63) is 48.2 Å². The second-order valence-electron chi connectivity index (χ2n) is 7.16. The molecule has 33 heavy (non-hydrogen) atoms. The minimum Gasteiger partial charge on any atom is -0.497 e. The number of nitrogens with one attached hydrogen (secondary N) is 1. The number of fused-ring (bicyclic) bond motifs is 1. The van der Waals surface area contributed by atoms with Gasteiger partial charge in [0.15, 0.2) is 6.61 Å². The van der Waals surface area contributed by atoms with E-state index in [9.17, 15) is 18.0 Å². The highest BCUT2D eigenvalue weighted by atomic mass is 32.2. The molecule has 0 aliphatic carbocycles. The Morgan fingerprint density at radius 3 is 2.48 bits per heavy atom. The maximum absolute atomic E-state index is 12.4. The number of hydrogen-bond donors (Lipinski definition) is 1. The summed E-state index contributed by atoms with van der Waals surface area (Å²) in [4.78, 5) is 24.5. The lowest BCUT2D eigenvalue weighted by atomic mass is 10.1. The molecule has 10 nitrogen and oxygen atoms in total. The number of ether oxygens (including phenoxy) is 3. The van der Waals surface area contributed by atoms with Gasteiger partial charge in [0.2, 0.25) is 10.0 Å². The number of esters is 1. The SMILES string of the molecule is COc1ccc2c(CC(=O)OCC(=O)Nc3cc(S(=O)(=O)N(C)C)ccc3OC)coc2c1. The maximum atomic E-state index is 12.4. The number of anilines is 1. The summed E-state index contributed by atoms with van der Waals surface area (Å²) >= 11 is 0. The Morgan fingerprint density at radius 2 is 1.82 bits per heavy atom. The molecule has 0 radical (unpaired) electrons. The van der Waals surface area contributed by atoms with Crippen LogP contribution in [-0.4, -0.2) is 59.5 Å². The van der Waals surface area contributed by atoms with Gasteiger partial charge in [-0.15, -0.1) is 0 Å². The van der Waals surface area contributed by atoms with Crippen LogP contribution in [0.25, 0.3) is 11.0 Å². The zero-order chi connectivity index (χ0) is 24.2. The minimum atomic E-state index is -3.71. The fourth-order valence-electron chi connectivity index (χ4n) is 3.02. The van der Waals surface area contributed by atoms with Crippen molar-refractivity contribution in [1.82, 2.24) is 4.31 Å². The van der Waals surface area contributed by atoms with Gasteiger partial charge in [0.1, 0.15) is 17.1 Å². The van der Waals surface area contributed by atoms with Crippen LogP contribution in [0.15, 0.2) is 52.0 Å². The molecule has 0 spiro atoms. The van der Waals surface area contributed by atoms with E-state index in [2.05, 4.69) is 5.32 Å². The second-order valence-corrected chi connectivity index (χ2v) is 9.31. The summed E-state index contributed by atoms with van der Waals surface area (Å²) in [5, 5.41) is 3.25. The predicted octanol–water partition coefficient (Wildman–Crippen LogP) is 2.42. The number of amides is 1. The lowest BCUT2D eigenvalue weighted by Crippen LogP contribution is -2.24. The number of nitrogens with zero attached hydrogens (tertiary/aromatic N) is 1. The predicted molar refractivity (Wildman–Crippen MR) is 120 cm³/mol. The number of benzene rings is 2. The van der Waals surface area contributed by atoms with Crippen molar-refractivity contribution in [3.8, 4) is 11.5 Å². The van der Waals surface area contributed by atoms with Crippen molar-refractivity contribution in [2.45, 2.75) is 11.3 Å². The zero-order valence-corrected chi connectivity index (χ0v) is 19.4. The first-order valence-corrected chi connectivity index (χ1v) is 11.2. The van der Waals surface area contributed by atoms with E-state index in [1.54, 1.807) is 25.3 Å². The molecule has 2 aromatic carbocycles. The van der Waals surface area contributed by atoms with Crippen LogP contribution in [0, 0.1) is 0 Å². The molecular formula is C22H24N2O8S. The highest BCUT2D eigenvalue weighted by molar-refractivity contribution is 7.89. The number of carbonyl (C=O) groups is 2. The monoisotopic (exact) mass is 476 g/mol. The number of sulfonamides is 1. The Kier molecular flexibility index (Phi) is 7.24. The van der Waals surface area contributed by atoms with Crippen LogP contribution < -0.4 is 14.8 Å². The molecule has 0 atom stereocenters. The Balaban J connectivity index is 1.64. The van der Waals surface area contributed by atoms with Crippen LogP contribution in [0.3, 0.4) is 0 Å². The molecule has 0 saturated heterocycles. The molecule has 0 unspecified atom stereocenters. The summed E-state index contributed by atoms with van der Waals surface area (Å²) < 4.78 is 46.6. The van der Waals surface area contributed by atoms with E-state index in [4.69, 9.17) is 18.6 Å². The van der Waals surface area contributed by atoms with E-state index in [0.29, 0.717) is 16.9 Å². The van der Waals surface area contributed by atoms with Crippen molar-refractivity contribution in [1.29, 1.82) is 0 Å². The Morgan fingerprint density at radius 1 is 1.06 bits per heavy atom. The zero-order valence-electron chi connectivity index (χ0n) is 18.6. The molecule has 0 saturated carbocycles. The topological polar surface area (TPSA) is 124 Å². The van der Waals surface area contributed by atoms with E-state index >= 15 is 0 Å². The summed E-state index contributed by atoms with van der Waals surface area (Å²) in [6, 6.07) is 9.30. The highest BCUT2D eigenvalue weighted by Gasteiger charge is 2.20. The third-order valence-corrected chi connectivity index (χ3v) is 6.60. The van der Waals surface area contributed by atoms with Crippen molar-refractivity contribution in [2.24, 2.45) is 0 Å². The van der Waals surface area contributed by atoms with Gasteiger partial charge in [-0.05, 0) is 30.3 Å². The molecule has 1 N–H and O–H groups in total. The lowest BCUT2D eigenvalue weighted by Gasteiger charge is -2.15. The summed E-state index contributed by atoms with van der Waals surface area (Å²) in [6.45, 7) is -0.559. The number of carbonyl (C=O) groups excluding carboxylic acids is 2. The third-order valence-electron chi connectivity index (χ3n) is 4.79. The van der Waals surface area contributed by atoms with Crippen LogP contribution in [-0.2, 0) is 30.8 Å². The van der Waals surface area contributed by atoms with Crippen LogP contribution in [0.1, 0.15) is 5.56 Å². The fourth-order valence-corrected chi connectivity index (χ4v) is 3.95. The fraction of sp³-hybridized carbons (Fsp3) is 0.273. The molecule has 176 valence electrons. The van der Waals surface area contributed by atoms with Gasteiger partial charge < -0.3 is 23.9 Å². The molecule has 1 heterocycles. The van der Waals surface area contributed by atoms with E-state index in [1.165, 1.54) is 45.7 Å². The molecule has 3 rings (SSSR count). The van der Waals surface area contributed by atoms with Crippen molar-refractivity contribution in [3.63, 3.8) is 0 Å². The largest absolute Gasteiger partial charge is 0.497 e. The minimum absolute atomic E-state index is 0.0240. The normalized spacial score (nSPS) is 11.4. The van der Waals surface area contributed by atoms with E-state index in [1.807, 2.05) is 0 Å². The molecule has 0 fully saturated rings. The van der Waals surface area contributed by atoms with Gasteiger partial charge in [-0.25, -0.2) is 12.7 Å². The van der Waals surface area contributed by atoms with Gasteiger partial charge in [0, 0.05) is 31.1 Å². The maximum Gasteiger partial charge on any atom is 0.310 e. The van der Waals surface area contributed by atoms with Crippen molar-refractivity contribution < 1.29 is 36.6 Å². The van der Waals surface area contributed by atoms with E-state index < -0.39 is 28.5 Å². The Hall–Kier alpha value is -3.57. The van der Waals surface area contributed by atoms with Gasteiger partial charge in [-0.1, -0.05) is 0 Å². The molecular weight excluding hydrogens is 452 g/mol. The van der Waals surface area contributed by atoms with Gasteiger partial charge in [-0.2, -0.15) is 0 Å². The van der Waals surface area contributed by atoms with Gasteiger partial charge in [0.05, 0.1) is 37.5 Å². The second kappa shape index (κ2) is 9.92. The molecule has 11 heteroatoms. The third kappa shape index (κ3) is 5.44. The lowest BCUT2D eigenvalue weighted by molar-refractivity contribution is -0.146. The number of rotatable bonds is 9. The van der Waals surface area contributed by atoms with Gasteiger partial charge in [0.25, 0.3) is 5.91 Å². The van der Waals surface area contributed by atoms with Crippen LogP contribution >= 0.6 is 0 Å². The quantitative estimate of drug-likeness (QED) is 0.467. The summed E-state index contributed by atoms with van der Waals surface area (Å²) in [5.74, 6) is -0.393. The number of furan rings is 1. The van der Waals surface area contributed by atoms with Gasteiger partial charge >= 0.3 is 5.97 Å². The molecule has 3 aromatic rings. The average Bonchev–Trinajstić information content (AvgIpc) is 3.19. The Bertz CT molecular complexity index is 1280. The van der Waals surface area contributed by atoms with Crippen LogP contribution in [0.5, 0.6) is 11.5 Å². The smallest absolute Gasteiger partial charge is 0.310 e. The molecule has 0 aliphatic rings. The highest BCUT2D eigenvalue weighted by Crippen LogP contribution is 2.29. The van der Waals surface area contributed by atoms with E-state index in [-0.39, 0.29) is 22.8 Å².